The van der Waals surface area contributed by atoms with Crippen LogP contribution in [0.3, 0.4) is 0 Å². The summed E-state index contributed by atoms with van der Waals surface area (Å²) in [6.45, 7) is -0.988. The summed E-state index contributed by atoms with van der Waals surface area (Å²) in [5.41, 5.74) is 13.3. The zero-order valence-electron chi connectivity index (χ0n) is 10.5. The zero-order valence-corrected chi connectivity index (χ0v) is 10.5. The van der Waals surface area contributed by atoms with Crippen molar-refractivity contribution in [2.45, 2.75) is 0 Å². The number of carboxylic acid groups (broad SMARTS) is 1. The van der Waals surface area contributed by atoms with Crippen molar-refractivity contribution in [3.63, 3.8) is 0 Å². The van der Waals surface area contributed by atoms with Crippen LogP contribution in [-0.2, 0) is 14.4 Å². The Labute approximate surface area is 109 Å². The first-order valence-corrected chi connectivity index (χ1v) is 5.36. The summed E-state index contributed by atoms with van der Waals surface area (Å²) in [7, 11) is 1.31. The lowest BCUT2D eigenvalue weighted by Crippen LogP contribution is -2.45. The number of carboxylic acids is 1. The van der Waals surface area contributed by atoms with Gasteiger partial charge in [0.05, 0.1) is 13.1 Å². The minimum Gasteiger partial charge on any atom is -0.480 e. The van der Waals surface area contributed by atoms with Crippen molar-refractivity contribution < 1.29 is 19.5 Å². The quantitative estimate of drug-likeness (QED) is 0.317. The van der Waals surface area contributed by atoms with E-state index in [1.165, 1.54) is 7.05 Å². The normalized spacial score (nSPS) is 9.37. The Hall–Kier alpha value is -2.32. The van der Waals surface area contributed by atoms with Gasteiger partial charge >= 0.3 is 5.97 Å². The van der Waals surface area contributed by atoms with Crippen molar-refractivity contribution in [2.75, 3.05) is 39.8 Å². The molecule has 0 aromatic heterocycles. The molecule has 0 heterocycles. The van der Waals surface area contributed by atoms with Crippen molar-refractivity contribution >= 4 is 17.8 Å². The van der Waals surface area contributed by atoms with Crippen molar-refractivity contribution in [1.29, 1.82) is 0 Å². The van der Waals surface area contributed by atoms with Crippen LogP contribution >= 0.6 is 0 Å². The van der Waals surface area contributed by atoms with Crippen LogP contribution in [0.5, 0.6) is 0 Å². The molecule has 0 aliphatic heterocycles. The second-order valence-electron chi connectivity index (χ2n) is 3.62. The molecule has 0 aromatic carbocycles. The number of rotatable bonds is 8. The second-order valence-corrected chi connectivity index (χ2v) is 3.62. The molecule has 3 N–H and O–H groups in total. The van der Waals surface area contributed by atoms with Gasteiger partial charge in [-0.25, -0.2) is 0 Å². The molecular weight excluding hydrogens is 256 g/mol. The van der Waals surface area contributed by atoms with E-state index < -0.39 is 24.3 Å². The lowest BCUT2D eigenvalue weighted by atomic mass is 10.4. The number of carbonyl (C=O) groups is 3. The van der Waals surface area contributed by atoms with E-state index in [1.54, 1.807) is 0 Å². The molecule has 19 heavy (non-hydrogen) atoms. The van der Waals surface area contributed by atoms with Crippen molar-refractivity contribution in [1.82, 2.24) is 9.80 Å². The number of amides is 2. The third kappa shape index (κ3) is 6.86. The van der Waals surface area contributed by atoms with E-state index in [9.17, 15) is 14.4 Å². The Balaban J connectivity index is 4.53. The maximum Gasteiger partial charge on any atom is 0.323 e. The highest BCUT2D eigenvalue weighted by Gasteiger charge is 2.19. The van der Waals surface area contributed by atoms with Crippen LogP contribution in [0.25, 0.3) is 10.4 Å². The van der Waals surface area contributed by atoms with Gasteiger partial charge in [0, 0.05) is 25.0 Å². The predicted molar refractivity (Wildman–Crippen MR) is 64.9 cm³/mol. The monoisotopic (exact) mass is 272 g/mol. The molecule has 0 spiro atoms. The Bertz CT molecular complexity index is 392. The van der Waals surface area contributed by atoms with Crippen molar-refractivity contribution in [3.05, 3.63) is 10.4 Å². The van der Waals surface area contributed by atoms with E-state index in [0.717, 1.165) is 9.80 Å². The number of nitrogens with two attached hydrogens (primary N) is 1. The molecule has 0 saturated heterocycles. The number of hydrogen-bond donors (Lipinski definition) is 2. The fraction of sp³-hybridized carbons (Fsp3) is 0.667. The molecule has 10 heteroatoms. The molecule has 0 unspecified atom stereocenters. The average Bonchev–Trinajstić information content (AvgIpc) is 2.35. The van der Waals surface area contributed by atoms with Gasteiger partial charge in [-0.3, -0.25) is 14.4 Å². The molecule has 10 nitrogen and oxygen atoms in total. The van der Waals surface area contributed by atoms with Gasteiger partial charge in [-0.05, 0) is 5.53 Å². The number of azide groups is 1. The van der Waals surface area contributed by atoms with Gasteiger partial charge in [-0.1, -0.05) is 5.11 Å². The molecule has 0 fully saturated rings. The SMILES string of the molecule is CN(CC(=O)O)C(=O)CN(CCN=[N+]=[N-])C(=O)CN. The van der Waals surface area contributed by atoms with Crippen LogP contribution in [0, 0.1) is 0 Å². The largest absolute Gasteiger partial charge is 0.480 e. The van der Waals surface area contributed by atoms with Crippen LogP contribution in [0.15, 0.2) is 5.11 Å². The number of likely N-dealkylation sites (N-methyl/N-ethyl adjacent to an activating group) is 1. The van der Waals surface area contributed by atoms with Gasteiger partial charge in [0.1, 0.15) is 6.54 Å². The van der Waals surface area contributed by atoms with Crippen molar-refractivity contribution in [2.24, 2.45) is 10.8 Å². The maximum atomic E-state index is 11.7. The molecule has 106 valence electrons. The fourth-order valence-corrected chi connectivity index (χ4v) is 1.21. The summed E-state index contributed by atoms with van der Waals surface area (Å²) >= 11 is 0. The first-order valence-electron chi connectivity index (χ1n) is 5.36. The lowest BCUT2D eigenvalue weighted by Gasteiger charge is -2.23. The van der Waals surface area contributed by atoms with Crippen LogP contribution in [0.2, 0.25) is 0 Å². The number of aliphatic carboxylic acids is 1. The van der Waals surface area contributed by atoms with Crippen LogP contribution in [0.4, 0.5) is 0 Å². The molecule has 2 amide bonds. The first-order chi connectivity index (χ1) is 8.92. The smallest absolute Gasteiger partial charge is 0.323 e. The van der Waals surface area contributed by atoms with Gasteiger partial charge in [0.25, 0.3) is 0 Å². The summed E-state index contributed by atoms with van der Waals surface area (Å²) in [6.07, 6.45) is 0. The Morgan fingerprint density at radius 3 is 2.42 bits per heavy atom. The van der Waals surface area contributed by atoms with E-state index in [2.05, 4.69) is 10.0 Å². The minimum atomic E-state index is -1.15. The third-order valence-electron chi connectivity index (χ3n) is 2.18. The van der Waals surface area contributed by atoms with E-state index in [4.69, 9.17) is 16.4 Å². The average molecular weight is 272 g/mol. The lowest BCUT2D eigenvalue weighted by molar-refractivity contribution is -0.145. The number of hydrogen-bond acceptors (Lipinski definition) is 5. The molecule has 0 aromatic rings. The molecule has 0 aliphatic carbocycles. The predicted octanol–water partition coefficient (Wildman–Crippen LogP) is -1.37. The van der Waals surface area contributed by atoms with Crippen molar-refractivity contribution in [3.8, 4) is 0 Å². The molecule has 0 bridgehead atoms. The third-order valence-corrected chi connectivity index (χ3v) is 2.18. The van der Waals surface area contributed by atoms with Gasteiger partial charge in [0.2, 0.25) is 11.8 Å². The van der Waals surface area contributed by atoms with Crippen LogP contribution in [0.1, 0.15) is 0 Å². The van der Waals surface area contributed by atoms with Gasteiger partial charge in [-0.15, -0.1) is 0 Å². The molecule has 0 aliphatic rings. The van der Waals surface area contributed by atoms with Gasteiger partial charge in [-0.2, -0.15) is 0 Å². The van der Waals surface area contributed by atoms with E-state index in [-0.39, 0.29) is 26.2 Å². The number of carbonyl (C=O) groups excluding carboxylic acids is 2. The molecule has 0 radical (unpaired) electrons. The highest BCUT2D eigenvalue weighted by molar-refractivity contribution is 5.87. The van der Waals surface area contributed by atoms with E-state index in [0.29, 0.717) is 0 Å². The van der Waals surface area contributed by atoms with Gasteiger partial charge in [0.15, 0.2) is 0 Å². The van der Waals surface area contributed by atoms with E-state index >= 15 is 0 Å². The van der Waals surface area contributed by atoms with Crippen LogP contribution < -0.4 is 5.73 Å². The summed E-state index contributed by atoms with van der Waals surface area (Å²) < 4.78 is 0. The molecular formula is C9H16N6O4. The van der Waals surface area contributed by atoms with E-state index in [1.807, 2.05) is 0 Å². The number of nitrogens with zero attached hydrogens (tertiary/aromatic N) is 5. The fourth-order valence-electron chi connectivity index (χ4n) is 1.21. The maximum absolute atomic E-state index is 11.7. The highest BCUT2D eigenvalue weighted by Crippen LogP contribution is 1.94. The Kier molecular flexibility index (Phi) is 7.66. The zero-order chi connectivity index (χ0) is 14.8. The summed E-state index contributed by atoms with van der Waals surface area (Å²) in [5.74, 6) is -2.17. The van der Waals surface area contributed by atoms with Gasteiger partial charge < -0.3 is 20.6 Å². The Morgan fingerprint density at radius 1 is 1.32 bits per heavy atom. The Morgan fingerprint density at radius 2 is 1.95 bits per heavy atom. The molecule has 0 atom stereocenters. The summed E-state index contributed by atoms with van der Waals surface area (Å²) in [5, 5.41) is 11.8. The molecule has 0 saturated carbocycles. The summed E-state index contributed by atoms with van der Waals surface area (Å²) in [6, 6.07) is 0. The minimum absolute atomic E-state index is 0.0121. The topological polar surface area (TPSA) is 153 Å². The van der Waals surface area contributed by atoms with Crippen LogP contribution in [-0.4, -0.2) is 72.5 Å². The highest BCUT2D eigenvalue weighted by atomic mass is 16.4. The molecule has 0 rings (SSSR count). The second kappa shape index (κ2) is 8.72. The summed E-state index contributed by atoms with van der Waals surface area (Å²) in [4.78, 5) is 38.2. The standard InChI is InChI=1S/C9H16N6O4/c1-14(6-9(18)19)8(17)5-15(7(16)4-10)3-2-12-13-11/h2-6,10H2,1H3,(H,18,19). The first kappa shape index (κ1) is 16.7.